The van der Waals surface area contributed by atoms with Crippen LogP contribution in [0, 0.1) is 15.5 Å². The van der Waals surface area contributed by atoms with Gasteiger partial charge in [0.15, 0.2) is 0 Å². The largest absolute Gasteiger partial charge is 0.449 e. The number of nitro benzene ring substituents is 1. The molecule has 36 heavy (non-hydrogen) atoms. The lowest BCUT2D eigenvalue weighted by Gasteiger charge is -2.16. The highest BCUT2D eigenvalue weighted by atomic mass is 35.5. The molecule has 11 nitrogen and oxygen atoms in total. The predicted molar refractivity (Wildman–Crippen MR) is 134 cm³/mol. The van der Waals surface area contributed by atoms with Crippen molar-refractivity contribution in [2.24, 2.45) is 5.73 Å². The van der Waals surface area contributed by atoms with Gasteiger partial charge in [0.25, 0.3) is 0 Å². The summed E-state index contributed by atoms with van der Waals surface area (Å²) in [6.45, 7) is 0.668. The van der Waals surface area contributed by atoms with E-state index >= 15 is 0 Å². The SMILES string of the molecule is N=C(N)c1cc(CN2CC[C@H](NS(=O)(=O)c3ccc(Oc4c(Cl)cccc4[N+](=O)[O-])cc3)C2=O)cs1. The molecule has 1 atom stereocenters. The number of likely N-dealkylation sites (tertiary alicyclic amines) is 1. The van der Waals surface area contributed by atoms with Gasteiger partial charge in [-0.25, -0.2) is 8.42 Å². The molecule has 0 aliphatic carbocycles. The van der Waals surface area contributed by atoms with Gasteiger partial charge in [-0.15, -0.1) is 11.3 Å². The van der Waals surface area contributed by atoms with Crippen molar-refractivity contribution < 1.29 is 22.9 Å². The fourth-order valence-corrected chi connectivity index (χ4v) is 5.83. The third-order valence-corrected chi connectivity index (χ3v) is 8.18. The quantitative estimate of drug-likeness (QED) is 0.159. The highest BCUT2D eigenvalue weighted by molar-refractivity contribution is 7.89. The molecule has 188 valence electrons. The van der Waals surface area contributed by atoms with Gasteiger partial charge in [-0.1, -0.05) is 17.7 Å². The third kappa shape index (κ3) is 5.49. The summed E-state index contributed by atoms with van der Waals surface area (Å²) >= 11 is 7.33. The van der Waals surface area contributed by atoms with Gasteiger partial charge in [-0.05, 0) is 53.8 Å². The Hall–Kier alpha value is -3.52. The number of thiophene rings is 1. The summed E-state index contributed by atoms with van der Waals surface area (Å²) in [5.41, 5.74) is 5.97. The summed E-state index contributed by atoms with van der Waals surface area (Å²) in [5.74, 6) is -0.407. The molecule has 2 aromatic carbocycles. The summed E-state index contributed by atoms with van der Waals surface area (Å²) in [6.07, 6.45) is 0.305. The van der Waals surface area contributed by atoms with Gasteiger partial charge in [0.2, 0.25) is 21.7 Å². The molecule has 1 saturated heterocycles. The fourth-order valence-electron chi connectivity index (χ4n) is 3.63. The molecule has 0 unspecified atom stereocenters. The molecule has 1 fully saturated rings. The van der Waals surface area contributed by atoms with Crippen molar-refractivity contribution in [2.45, 2.75) is 23.9 Å². The number of nitrogens with zero attached hydrogens (tertiary/aromatic N) is 2. The highest BCUT2D eigenvalue weighted by Crippen LogP contribution is 2.38. The molecule has 2 heterocycles. The van der Waals surface area contributed by atoms with Crippen LogP contribution in [0.4, 0.5) is 5.69 Å². The lowest BCUT2D eigenvalue weighted by atomic mass is 10.3. The van der Waals surface area contributed by atoms with Crippen molar-refractivity contribution >= 4 is 50.4 Å². The molecule has 0 spiro atoms. The van der Waals surface area contributed by atoms with Crippen molar-refractivity contribution in [3.63, 3.8) is 0 Å². The Kier molecular flexibility index (Phi) is 7.26. The van der Waals surface area contributed by atoms with Crippen LogP contribution in [0.25, 0.3) is 0 Å². The average molecular weight is 550 g/mol. The molecule has 0 radical (unpaired) electrons. The van der Waals surface area contributed by atoms with Gasteiger partial charge in [-0.3, -0.25) is 20.3 Å². The number of nitrogens with one attached hydrogen (secondary N) is 2. The van der Waals surface area contributed by atoms with Crippen LogP contribution in [0.2, 0.25) is 5.02 Å². The van der Waals surface area contributed by atoms with E-state index in [-0.39, 0.29) is 38.8 Å². The first-order valence-electron chi connectivity index (χ1n) is 10.5. The molecule has 4 rings (SSSR count). The first-order valence-corrected chi connectivity index (χ1v) is 13.2. The minimum absolute atomic E-state index is 0.0341. The topological polar surface area (TPSA) is 169 Å². The molecule has 1 amide bonds. The average Bonchev–Trinajstić information content (AvgIpc) is 3.43. The predicted octanol–water partition coefficient (Wildman–Crippen LogP) is 3.47. The smallest absolute Gasteiger partial charge is 0.313 e. The number of ether oxygens (including phenoxy) is 1. The van der Waals surface area contributed by atoms with E-state index in [1.807, 2.05) is 5.38 Å². The first kappa shape index (κ1) is 25.6. The summed E-state index contributed by atoms with van der Waals surface area (Å²) in [7, 11) is -4.03. The molecule has 1 aromatic heterocycles. The Bertz CT molecular complexity index is 1440. The van der Waals surface area contributed by atoms with Crippen LogP contribution in [0.15, 0.2) is 58.8 Å². The number of carbonyl (C=O) groups is 1. The Morgan fingerprint density at radius 1 is 1.31 bits per heavy atom. The highest BCUT2D eigenvalue weighted by Gasteiger charge is 2.35. The molecule has 14 heteroatoms. The number of benzene rings is 2. The molecule has 4 N–H and O–H groups in total. The maximum absolute atomic E-state index is 12.9. The van der Waals surface area contributed by atoms with Crippen molar-refractivity contribution in [3.8, 4) is 11.5 Å². The second kappa shape index (κ2) is 10.2. The second-order valence-corrected chi connectivity index (χ2v) is 10.9. The summed E-state index contributed by atoms with van der Waals surface area (Å²) in [5, 5.41) is 20.6. The normalized spacial score (nSPS) is 15.8. The van der Waals surface area contributed by atoms with E-state index in [1.54, 1.807) is 11.0 Å². The van der Waals surface area contributed by atoms with Crippen LogP contribution in [0.1, 0.15) is 16.9 Å². The summed E-state index contributed by atoms with van der Waals surface area (Å²) in [6, 6.07) is 10.1. The Morgan fingerprint density at radius 3 is 2.67 bits per heavy atom. The van der Waals surface area contributed by atoms with E-state index in [9.17, 15) is 23.3 Å². The number of para-hydroxylation sites is 1. The molecule has 1 aliphatic heterocycles. The van der Waals surface area contributed by atoms with Crippen LogP contribution in [-0.4, -0.2) is 42.6 Å². The number of hydrogen-bond acceptors (Lipinski definition) is 8. The van der Waals surface area contributed by atoms with Crippen molar-refractivity contribution in [1.82, 2.24) is 9.62 Å². The van der Waals surface area contributed by atoms with Crippen LogP contribution >= 0.6 is 22.9 Å². The van der Waals surface area contributed by atoms with Gasteiger partial charge < -0.3 is 15.4 Å². The third-order valence-electron chi connectivity index (χ3n) is 5.38. The molecule has 1 aliphatic rings. The van der Waals surface area contributed by atoms with E-state index < -0.39 is 21.0 Å². The lowest BCUT2D eigenvalue weighted by Crippen LogP contribution is -2.41. The number of amides is 1. The zero-order valence-corrected chi connectivity index (χ0v) is 20.9. The lowest BCUT2D eigenvalue weighted by molar-refractivity contribution is -0.385. The van der Waals surface area contributed by atoms with E-state index in [2.05, 4.69) is 4.72 Å². The Labute approximate surface area is 215 Å². The number of rotatable bonds is 9. The number of carbonyl (C=O) groups excluding carboxylic acids is 1. The Balaban J connectivity index is 1.42. The van der Waals surface area contributed by atoms with Crippen LogP contribution < -0.4 is 15.2 Å². The summed E-state index contributed by atoms with van der Waals surface area (Å²) in [4.78, 5) is 25.4. The standard InChI is InChI=1S/C22H20ClN5O6S2/c23-16-2-1-3-18(28(30)31)20(16)34-14-4-6-15(7-5-14)36(32,33)26-17-8-9-27(22(17)29)11-13-10-19(21(24)25)35-12-13/h1-7,10,12,17,26H,8-9,11H2,(H3,24,25)/t17-/m0/s1. The number of halogens is 1. The van der Waals surface area contributed by atoms with Crippen LogP contribution in [0.3, 0.4) is 0 Å². The molecular formula is C22H20ClN5O6S2. The number of hydrogen-bond donors (Lipinski definition) is 3. The van der Waals surface area contributed by atoms with Gasteiger partial charge >= 0.3 is 5.69 Å². The van der Waals surface area contributed by atoms with E-state index in [4.69, 9.17) is 27.5 Å². The molecular weight excluding hydrogens is 530 g/mol. The maximum Gasteiger partial charge on any atom is 0.313 e. The first-order chi connectivity index (χ1) is 17.0. The maximum atomic E-state index is 12.9. The van der Waals surface area contributed by atoms with Crippen molar-refractivity contribution in [3.05, 3.63) is 79.5 Å². The van der Waals surface area contributed by atoms with Gasteiger partial charge in [0.1, 0.15) is 17.6 Å². The van der Waals surface area contributed by atoms with E-state index in [1.165, 1.54) is 53.8 Å². The number of amidine groups is 1. The van der Waals surface area contributed by atoms with E-state index in [0.29, 0.717) is 24.4 Å². The zero-order valence-electron chi connectivity index (χ0n) is 18.5. The Morgan fingerprint density at radius 2 is 2.03 bits per heavy atom. The number of sulfonamides is 1. The monoisotopic (exact) mass is 549 g/mol. The molecule has 3 aromatic rings. The van der Waals surface area contributed by atoms with Crippen LogP contribution in [0.5, 0.6) is 11.5 Å². The van der Waals surface area contributed by atoms with Gasteiger partial charge in [0.05, 0.1) is 19.7 Å². The van der Waals surface area contributed by atoms with Gasteiger partial charge in [-0.2, -0.15) is 4.72 Å². The minimum Gasteiger partial charge on any atom is -0.449 e. The minimum atomic E-state index is -4.03. The number of nitro groups is 1. The zero-order chi connectivity index (χ0) is 26.0. The second-order valence-electron chi connectivity index (χ2n) is 7.87. The van der Waals surface area contributed by atoms with Crippen molar-refractivity contribution in [1.29, 1.82) is 5.41 Å². The van der Waals surface area contributed by atoms with Crippen molar-refractivity contribution in [2.75, 3.05) is 6.54 Å². The molecule has 0 saturated carbocycles. The molecule has 0 bridgehead atoms. The number of nitrogen functional groups attached to an aromatic ring is 1. The fraction of sp³-hybridized carbons (Fsp3) is 0.182. The van der Waals surface area contributed by atoms with Gasteiger partial charge in [0, 0.05) is 19.2 Å². The summed E-state index contributed by atoms with van der Waals surface area (Å²) < 4.78 is 33.7. The van der Waals surface area contributed by atoms with E-state index in [0.717, 1.165) is 5.56 Å². The number of nitrogens with two attached hydrogens (primary N) is 1. The van der Waals surface area contributed by atoms with Crippen LogP contribution in [-0.2, 0) is 21.4 Å².